The Balaban J connectivity index is 1.37. The normalized spacial score (nSPS) is 14.5. The zero-order valence-corrected chi connectivity index (χ0v) is 17.7. The lowest BCUT2D eigenvalue weighted by Crippen LogP contribution is -2.28. The third-order valence-electron chi connectivity index (χ3n) is 5.06. The Morgan fingerprint density at radius 1 is 0.966 bits per heavy atom. The Morgan fingerprint density at radius 2 is 1.55 bits per heavy atom. The van der Waals surface area contributed by atoms with Gasteiger partial charge in [-0.25, -0.2) is 0 Å². The molecule has 1 saturated carbocycles. The quantitative estimate of drug-likeness (QED) is 0.287. The zero-order valence-electron chi connectivity index (χ0n) is 16.9. The van der Waals surface area contributed by atoms with Gasteiger partial charge in [0, 0.05) is 7.05 Å². The number of hydrogen-bond donors (Lipinski definition) is 2. The Morgan fingerprint density at radius 3 is 2.14 bits per heavy atom. The molecule has 0 radical (unpaired) electrons. The molecule has 0 aliphatic heterocycles. The first-order valence-corrected chi connectivity index (χ1v) is 10.6. The summed E-state index contributed by atoms with van der Waals surface area (Å²) in [4.78, 5) is 0. The molecule has 0 heterocycles. The molecule has 0 aromatic heterocycles. The molecule has 154 valence electrons. The van der Waals surface area contributed by atoms with E-state index in [-0.39, 0.29) is 0 Å². The second-order valence-electron chi connectivity index (χ2n) is 7.12. The van der Waals surface area contributed by atoms with Gasteiger partial charge in [0.25, 0.3) is 0 Å². The highest BCUT2D eigenvalue weighted by atomic mass is 32.1. The van der Waals surface area contributed by atoms with Gasteiger partial charge in [-0.15, -0.1) is 0 Å². The van der Waals surface area contributed by atoms with Gasteiger partial charge in [-0.3, -0.25) is 5.43 Å². The lowest BCUT2D eigenvalue weighted by Gasteiger charge is -2.22. The average Bonchev–Trinajstić information content (AvgIpc) is 2.78. The average molecular weight is 412 g/mol. The number of nitrogens with one attached hydrogen (secondary N) is 2. The molecule has 1 fully saturated rings. The molecule has 3 rings (SSSR count). The first-order valence-electron chi connectivity index (χ1n) is 10.2. The lowest BCUT2D eigenvalue weighted by atomic mass is 9.84. The number of nitrogens with zero attached hydrogens (tertiary/aromatic N) is 1. The molecule has 5 nitrogen and oxygen atoms in total. The first kappa shape index (κ1) is 21.1. The highest BCUT2D eigenvalue weighted by Gasteiger charge is 2.15. The van der Waals surface area contributed by atoms with E-state index in [9.17, 15) is 0 Å². The summed E-state index contributed by atoms with van der Waals surface area (Å²) in [6, 6.07) is 16.3. The highest BCUT2D eigenvalue weighted by molar-refractivity contribution is 7.80. The van der Waals surface area contributed by atoms with E-state index in [4.69, 9.17) is 21.7 Å². The fourth-order valence-corrected chi connectivity index (χ4v) is 3.52. The molecule has 0 unspecified atom stereocenters. The van der Waals surface area contributed by atoms with Crippen molar-refractivity contribution in [1.29, 1.82) is 0 Å². The summed E-state index contributed by atoms with van der Waals surface area (Å²) in [6.45, 7) is 1.01. The molecule has 6 heteroatoms. The SMILES string of the molecule is CNC(=S)N/N=C\c1ccc(OCCOc2ccc(C3CCCCC3)cc2)cc1. The van der Waals surface area contributed by atoms with E-state index in [1.165, 1.54) is 37.7 Å². The first-order chi connectivity index (χ1) is 14.2. The number of rotatable bonds is 8. The molecular weight excluding hydrogens is 382 g/mol. The van der Waals surface area contributed by atoms with Crippen LogP contribution in [0.25, 0.3) is 0 Å². The van der Waals surface area contributed by atoms with E-state index in [0.29, 0.717) is 18.3 Å². The molecule has 0 amide bonds. The molecule has 1 aliphatic rings. The number of ether oxygens (including phenoxy) is 2. The molecule has 29 heavy (non-hydrogen) atoms. The van der Waals surface area contributed by atoms with Crippen LogP contribution in [0.2, 0.25) is 0 Å². The van der Waals surface area contributed by atoms with E-state index in [1.54, 1.807) is 13.3 Å². The van der Waals surface area contributed by atoms with Crippen molar-refractivity contribution in [3.63, 3.8) is 0 Å². The minimum atomic E-state index is 0.477. The van der Waals surface area contributed by atoms with E-state index >= 15 is 0 Å². The van der Waals surface area contributed by atoms with Crippen molar-refractivity contribution in [3.05, 3.63) is 59.7 Å². The summed E-state index contributed by atoms with van der Waals surface area (Å²) < 4.78 is 11.6. The van der Waals surface area contributed by atoms with E-state index < -0.39 is 0 Å². The number of thiocarbonyl (C=S) groups is 1. The smallest absolute Gasteiger partial charge is 0.186 e. The summed E-state index contributed by atoms with van der Waals surface area (Å²) in [6.07, 6.45) is 8.44. The van der Waals surface area contributed by atoms with Gasteiger partial charge in [0.05, 0.1) is 6.21 Å². The number of benzene rings is 2. The standard InChI is InChI=1S/C23H29N3O2S/c1-24-23(29)26-25-17-18-7-11-21(12-8-18)27-15-16-28-22-13-9-20(10-14-22)19-5-3-2-4-6-19/h7-14,17,19H,2-6,15-16H2,1H3,(H2,24,26,29)/b25-17-. The molecule has 2 aromatic carbocycles. The second-order valence-corrected chi connectivity index (χ2v) is 7.53. The topological polar surface area (TPSA) is 54.9 Å². The maximum Gasteiger partial charge on any atom is 0.186 e. The fraction of sp³-hybridized carbons (Fsp3) is 0.391. The van der Waals surface area contributed by atoms with Crippen molar-refractivity contribution in [3.8, 4) is 11.5 Å². The largest absolute Gasteiger partial charge is 0.490 e. The van der Waals surface area contributed by atoms with E-state index in [0.717, 1.165) is 23.0 Å². The highest BCUT2D eigenvalue weighted by Crippen LogP contribution is 2.33. The van der Waals surface area contributed by atoms with Gasteiger partial charge in [0.15, 0.2) is 5.11 Å². The van der Waals surface area contributed by atoms with Crippen LogP contribution in [0.15, 0.2) is 53.6 Å². The number of hydrazone groups is 1. The van der Waals surface area contributed by atoms with Crippen molar-refractivity contribution >= 4 is 23.5 Å². The van der Waals surface area contributed by atoms with Gasteiger partial charge in [-0.05, 0) is 78.5 Å². The molecule has 2 aromatic rings. The molecule has 0 saturated heterocycles. The minimum Gasteiger partial charge on any atom is -0.490 e. The molecule has 2 N–H and O–H groups in total. The lowest BCUT2D eigenvalue weighted by molar-refractivity contribution is 0.217. The van der Waals surface area contributed by atoms with Gasteiger partial charge in [-0.1, -0.05) is 31.4 Å². The van der Waals surface area contributed by atoms with Crippen LogP contribution in [0.5, 0.6) is 11.5 Å². The summed E-state index contributed by atoms with van der Waals surface area (Å²) in [5, 5.41) is 7.32. The Kier molecular flexibility index (Phi) is 8.31. The van der Waals surface area contributed by atoms with Gasteiger partial charge in [-0.2, -0.15) is 5.10 Å². The van der Waals surface area contributed by atoms with E-state index in [1.807, 2.05) is 24.3 Å². The van der Waals surface area contributed by atoms with Crippen LogP contribution in [0.1, 0.15) is 49.1 Å². The van der Waals surface area contributed by atoms with Crippen LogP contribution in [-0.4, -0.2) is 31.6 Å². The molecule has 0 atom stereocenters. The maximum atomic E-state index is 5.81. The van der Waals surface area contributed by atoms with Crippen molar-refractivity contribution in [2.45, 2.75) is 38.0 Å². The van der Waals surface area contributed by atoms with Crippen molar-refractivity contribution in [1.82, 2.24) is 10.7 Å². The maximum absolute atomic E-state index is 5.81. The van der Waals surface area contributed by atoms with Crippen molar-refractivity contribution in [2.24, 2.45) is 5.10 Å². The predicted molar refractivity (Wildman–Crippen MR) is 122 cm³/mol. The monoisotopic (exact) mass is 411 g/mol. The van der Waals surface area contributed by atoms with Gasteiger partial charge >= 0.3 is 0 Å². The Hall–Kier alpha value is -2.60. The molecule has 0 spiro atoms. The van der Waals surface area contributed by atoms with Crippen LogP contribution < -0.4 is 20.2 Å². The third kappa shape index (κ3) is 7.06. The van der Waals surface area contributed by atoms with Crippen LogP contribution in [0.4, 0.5) is 0 Å². The predicted octanol–water partition coefficient (Wildman–Crippen LogP) is 4.62. The van der Waals surface area contributed by atoms with E-state index in [2.05, 4.69) is 40.1 Å². The van der Waals surface area contributed by atoms with Crippen molar-refractivity contribution < 1.29 is 9.47 Å². The molecular formula is C23H29N3O2S. The summed E-state index contributed by atoms with van der Waals surface area (Å²) in [5.74, 6) is 2.42. The van der Waals surface area contributed by atoms with Crippen LogP contribution in [-0.2, 0) is 0 Å². The Labute approximate surface area is 178 Å². The van der Waals surface area contributed by atoms with Gasteiger partial charge in [0.1, 0.15) is 24.7 Å². The Bertz CT molecular complexity index is 785. The van der Waals surface area contributed by atoms with Gasteiger partial charge < -0.3 is 14.8 Å². The summed E-state index contributed by atoms with van der Waals surface area (Å²) in [7, 11) is 1.74. The van der Waals surface area contributed by atoms with Crippen molar-refractivity contribution in [2.75, 3.05) is 20.3 Å². The minimum absolute atomic E-state index is 0.477. The van der Waals surface area contributed by atoms with Gasteiger partial charge in [0.2, 0.25) is 0 Å². The second kappa shape index (κ2) is 11.4. The summed E-state index contributed by atoms with van der Waals surface area (Å²) >= 11 is 4.95. The summed E-state index contributed by atoms with van der Waals surface area (Å²) in [5.41, 5.74) is 5.12. The van der Waals surface area contributed by atoms with Crippen LogP contribution in [0.3, 0.4) is 0 Å². The van der Waals surface area contributed by atoms with Crippen LogP contribution in [0, 0.1) is 0 Å². The third-order valence-corrected chi connectivity index (χ3v) is 5.36. The molecule has 0 bridgehead atoms. The zero-order chi connectivity index (χ0) is 20.3. The molecule has 1 aliphatic carbocycles. The fourth-order valence-electron chi connectivity index (χ4n) is 3.46. The van der Waals surface area contributed by atoms with Crippen LogP contribution >= 0.6 is 12.2 Å². The number of hydrogen-bond acceptors (Lipinski definition) is 4.